The standard InChI is InChI=1S/C15H14BrN3/c1-10(17)11-6-7-14(12(16)8-11)19-9-18-13-4-2-3-5-15(13)19/h2-10H,17H2,1H3. The van der Waals surface area contributed by atoms with Crippen molar-refractivity contribution >= 4 is 27.0 Å². The average molecular weight is 316 g/mol. The molecular formula is C15H14BrN3. The van der Waals surface area contributed by atoms with Crippen LogP contribution in [-0.4, -0.2) is 9.55 Å². The molecule has 0 fully saturated rings. The lowest BCUT2D eigenvalue weighted by molar-refractivity contribution is 0.816. The average Bonchev–Trinajstić information content (AvgIpc) is 2.82. The lowest BCUT2D eigenvalue weighted by Crippen LogP contribution is -2.05. The zero-order valence-electron chi connectivity index (χ0n) is 10.5. The molecule has 2 N–H and O–H groups in total. The zero-order valence-corrected chi connectivity index (χ0v) is 12.1. The second-order valence-electron chi connectivity index (χ2n) is 4.60. The van der Waals surface area contributed by atoms with Crippen molar-refractivity contribution in [2.75, 3.05) is 0 Å². The van der Waals surface area contributed by atoms with Gasteiger partial charge in [-0.05, 0) is 52.7 Å². The molecule has 0 aliphatic rings. The van der Waals surface area contributed by atoms with Crippen molar-refractivity contribution in [1.82, 2.24) is 9.55 Å². The van der Waals surface area contributed by atoms with Gasteiger partial charge in [0.15, 0.2) is 0 Å². The second kappa shape index (κ2) is 4.79. The first-order valence-corrected chi connectivity index (χ1v) is 6.93. The summed E-state index contributed by atoms with van der Waals surface area (Å²) in [5.41, 5.74) is 10.2. The van der Waals surface area contributed by atoms with Crippen LogP contribution in [0.4, 0.5) is 0 Å². The fourth-order valence-electron chi connectivity index (χ4n) is 2.15. The normalized spacial score (nSPS) is 12.8. The summed E-state index contributed by atoms with van der Waals surface area (Å²) < 4.78 is 3.09. The first-order valence-electron chi connectivity index (χ1n) is 6.14. The number of nitrogens with zero attached hydrogens (tertiary/aromatic N) is 2. The zero-order chi connectivity index (χ0) is 13.4. The molecule has 96 valence electrons. The van der Waals surface area contributed by atoms with E-state index in [4.69, 9.17) is 5.73 Å². The van der Waals surface area contributed by atoms with Gasteiger partial charge in [-0.25, -0.2) is 4.98 Å². The highest BCUT2D eigenvalue weighted by atomic mass is 79.9. The molecule has 0 spiro atoms. The Morgan fingerprint density at radius 3 is 2.74 bits per heavy atom. The molecule has 0 radical (unpaired) electrons. The highest BCUT2D eigenvalue weighted by Crippen LogP contribution is 2.27. The number of imidazole rings is 1. The van der Waals surface area contributed by atoms with Crippen molar-refractivity contribution in [2.45, 2.75) is 13.0 Å². The van der Waals surface area contributed by atoms with Gasteiger partial charge in [0.2, 0.25) is 0 Å². The molecule has 1 aromatic heterocycles. The molecule has 1 heterocycles. The summed E-state index contributed by atoms with van der Waals surface area (Å²) in [6.45, 7) is 1.98. The van der Waals surface area contributed by atoms with Crippen molar-refractivity contribution in [2.24, 2.45) is 5.73 Å². The van der Waals surface area contributed by atoms with Gasteiger partial charge >= 0.3 is 0 Å². The number of para-hydroxylation sites is 2. The number of benzene rings is 2. The maximum absolute atomic E-state index is 5.90. The predicted molar refractivity (Wildman–Crippen MR) is 81.4 cm³/mol. The molecule has 3 aromatic rings. The van der Waals surface area contributed by atoms with E-state index in [1.54, 1.807) is 0 Å². The minimum absolute atomic E-state index is 0.0323. The van der Waals surface area contributed by atoms with Crippen LogP contribution in [0.1, 0.15) is 18.5 Å². The fourth-order valence-corrected chi connectivity index (χ4v) is 2.74. The van der Waals surface area contributed by atoms with E-state index in [1.807, 2.05) is 31.5 Å². The molecule has 0 saturated heterocycles. The quantitative estimate of drug-likeness (QED) is 0.781. The van der Waals surface area contributed by atoms with E-state index >= 15 is 0 Å². The molecule has 0 aliphatic carbocycles. The third-order valence-corrected chi connectivity index (χ3v) is 3.85. The van der Waals surface area contributed by atoms with Gasteiger partial charge in [-0.15, -0.1) is 0 Å². The molecule has 4 heteroatoms. The van der Waals surface area contributed by atoms with Gasteiger partial charge in [0, 0.05) is 10.5 Å². The predicted octanol–water partition coefficient (Wildman–Crippen LogP) is 3.81. The first kappa shape index (κ1) is 12.4. The van der Waals surface area contributed by atoms with E-state index in [9.17, 15) is 0 Å². The fraction of sp³-hybridized carbons (Fsp3) is 0.133. The Labute approximate surface area is 120 Å². The Hall–Kier alpha value is -1.65. The lowest BCUT2D eigenvalue weighted by atomic mass is 10.1. The number of rotatable bonds is 2. The van der Waals surface area contributed by atoms with E-state index in [-0.39, 0.29) is 6.04 Å². The number of hydrogen-bond donors (Lipinski definition) is 1. The van der Waals surface area contributed by atoms with E-state index in [0.29, 0.717) is 0 Å². The van der Waals surface area contributed by atoms with Gasteiger partial charge < -0.3 is 5.73 Å². The monoisotopic (exact) mass is 315 g/mol. The van der Waals surface area contributed by atoms with Crippen LogP contribution in [0.3, 0.4) is 0 Å². The number of nitrogens with two attached hydrogens (primary N) is 1. The van der Waals surface area contributed by atoms with Gasteiger partial charge in [0.25, 0.3) is 0 Å². The summed E-state index contributed by atoms with van der Waals surface area (Å²) in [6.07, 6.45) is 1.84. The molecule has 1 unspecified atom stereocenters. The van der Waals surface area contributed by atoms with Crippen molar-refractivity contribution in [3.05, 3.63) is 58.8 Å². The highest BCUT2D eigenvalue weighted by molar-refractivity contribution is 9.10. The Kier molecular flexibility index (Phi) is 3.12. The topological polar surface area (TPSA) is 43.8 Å². The third kappa shape index (κ3) is 2.17. The van der Waals surface area contributed by atoms with Crippen molar-refractivity contribution in [1.29, 1.82) is 0 Å². The van der Waals surface area contributed by atoms with Gasteiger partial charge in [0.1, 0.15) is 6.33 Å². The summed E-state index contributed by atoms with van der Waals surface area (Å²) in [4.78, 5) is 4.41. The summed E-state index contributed by atoms with van der Waals surface area (Å²) in [7, 11) is 0. The first-order chi connectivity index (χ1) is 9.16. The molecule has 2 aromatic carbocycles. The Bertz CT molecular complexity index is 731. The molecule has 1 atom stereocenters. The van der Waals surface area contributed by atoms with Crippen LogP contribution in [0, 0.1) is 0 Å². The molecule has 0 aliphatic heterocycles. The lowest BCUT2D eigenvalue weighted by Gasteiger charge is -2.11. The maximum Gasteiger partial charge on any atom is 0.100 e. The van der Waals surface area contributed by atoms with E-state index in [1.165, 1.54) is 0 Å². The Balaban J connectivity index is 2.17. The number of aromatic nitrogens is 2. The van der Waals surface area contributed by atoms with Crippen molar-refractivity contribution < 1.29 is 0 Å². The van der Waals surface area contributed by atoms with Gasteiger partial charge in [-0.1, -0.05) is 18.2 Å². The maximum atomic E-state index is 5.90. The van der Waals surface area contributed by atoms with Crippen molar-refractivity contribution in [3.8, 4) is 5.69 Å². The van der Waals surface area contributed by atoms with E-state index < -0.39 is 0 Å². The third-order valence-electron chi connectivity index (χ3n) is 3.21. The van der Waals surface area contributed by atoms with Gasteiger partial charge in [-0.2, -0.15) is 0 Å². The summed E-state index contributed by atoms with van der Waals surface area (Å²) in [6, 6.07) is 14.3. The van der Waals surface area contributed by atoms with Crippen LogP contribution < -0.4 is 5.73 Å². The van der Waals surface area contributed by atoms with E-state index in [2.05, 4.69) is 49.7 Å². The molecular weight excluding hydrogens is 302 g/mol. The van der Waals surface area contributed by atoms with Crippen LogP contribution in [0.2, 0.25) is 0 Å². The van der Waals surface area contributed by atoms with E-state index in [0.717, 1.165) is 26.8 Å². The number of hydrogen-bond acceptors (Lipinski definition) is 2. The molecule has 19 heavy (non-hydrogen) atoms. The van der Waals surface area contributed by atoms with Gasteiger partial charge in [-0.3, -0.25) is 4.57 Å². The summed E-state index contributed by atoms with van der Waals surface area (Å²) in [5, 5.41) is 0. The molecule has 3 nitrogen and oxygen atoms in total. The molecule has 0 amide bonds. The Morgan fingerprint density at radius 1 is 1.21 bits per heavy atom. The highest BCUT2D eigenvalue weighted by Gasteiger charge is 2.09. The molecule has 3 rings (SSSR count). The Morgan fingerprint density at radius 2 is 2.00 bits per heavy atom. The molecule has 0 bridgehead atoms. The summed E-state index contributed by atoms with van der Waals surface area (Å²) in [5.74, 6) is 0. The summed E-state index contributed by atoms with van der Waals surface area (Å²) >= 11 is 3.62. The van der Waals surface area contributed by atoms with Crippen LogP contribution in [0.5, 0.6) is 0 Å². The van der Waals surface area contributed by atoms with Crippen LogP contribution in [-0.2, 0) is 0 Å². The SMILES string of the molecule is CC(N)c1ccc(-n2cnc3ccccc32)c(Br)c1. The smallest absolute Gasteiger partial charge is 0.100 e. The second-order valence-corrected chi connectivity index (χ2v) is 5.46. The largest absolute Gasteiger partial charge is 0.324 e. The van der Waals surface area contributed by atoms with Crippen LogP contribution in [0.15, 0.2) is 53.3 Å². The minimum atomic E-state index is 0.0323. The number of halogens is 1. The van der Waals surface area contributed by atoms with Crippen LogP contribution >= 0.6 is 15.9 Å². The molecule has 0 saturated carbocycles. The van der Waals surface area contributed by atoms with Crippen molar-refractivity contribution in [3.63, 3.8) is 0 Å². The minimum Gasteiger partial charge on any atom is -0.324 e. The van der Waals surface area contributed by atoms with Gasteiger partial charge in [0.05, 0.1) is 16.7 Å². The van der Waals surface area contributed by atoms with Crippen LogP contribution in [0.25, 0.3) is 16.7 Å². The number of fused-ring (bicyclic) bond motifs is 1.